The average molecular weight is 332 g/mol. The summed E-state index contributed by atoms with van der Waals surface area (Å²) in [4.78, 5) is 22.0. The van der Waals surface area contributed by atoms with Gasteiger partial charge in [0.15, 0.2) is 0 Å². The molecule has 2 heterocycles. The van der Waals surface area contributed by atoms with E-state index in [1.807, 2.05) is 22.6 Å². The molecule has 1 atom stereocenters. The lowest BCUT2D eigenvalue weighted by Crippen LogP contribution is -2.53. The molecule has 1 amide bonds. The second kappa shape index (κ2) is 7.68. The minimum atomic E-state index is -0.161. The Hall–Kier alpha value is -1.36. The van der Waals surface area contributed by atoms with E-state index >= 15 is 0 Å². The van der Waals surface area contributed by atoms with Gasteiger partial charge in [-0.1, -0.05) is 33.1 Å². The summed E-state index contributed by atoms with van der Waals surface area (Å²) in [7, 11) is 0. The van der Waals surface area contributed by atoms with Crippen LogP contribution in [0.4, 0.5) is 0 Å². The molecular formula is C19H32N4O. The number of imidazole rings is 1. The highest BCUT2D eigenvalue weighted by Crippen LogP contribution is 2.24. The Kier molecular flexibility index (Phi) is 5.59. The molecule has 1 aliphatic heterocycles. The van der Waals surface area contributed by atoms with Gasteiger partial charge in [0.05, 0.1) is 0 Å². The van der Waals surface area contributed by atoms with Crippen molar-refractivity contribution in [3.8, 4) is 0 Å². The van der Waals surface area contributed by atoms with Crippen LogP contribution in [0.3, 0.4) is 0 Å². The summed E-state index contributed by atoms with van der Waals surface area (Å²) in [5, 5.41) is 0. The fraction of sp³-hybridized carbons (Fsp3) is 0.789. The van der Waals surface area contributed by atoms with Crippen LogP contribution in [-0.4, -0.2) is 57.5 Å². The van der Waals surface area contributed by atoms with Crippen molar-refractivity contribution in [2.45, 2.75) is 70.9 Å². The molecule has 2 fully saturated rings. The molecular weight excluding hydrogens is 300 g/mol. The number of carbonyl (C=O) groups excluding carboxylic acids is 1. The highest BCUT2D eigenvalue weighted by molar-refractivity contribution is 5.80. The Morgan fingerprint density at radius 3 is 2.38 bits per heavy atom. The Balaban J connectivity index is 1.57. The van der Waals surface area contributed by atoms with E-state index in [-0.39, 0.29) is 11.9 Å². The molecule has 134 valence electrons. The van der Waals surface area contributed by atoms with E-state index in [0.717, 1.165) is 38.0 Å². The number of nitrogens with zero attached hydrogens (tertiary/aromatic N) is 4. The van der Waals surface area contributed by atoms with Gasteiger partial charge in [-0.2, -0.15) is 0 Å². The number of hydrogen-bond donors (Lipinski definition) is 0. The zero-order valence-electron chi connectivity index (χ0n) is 15.4. The number of carbonyl (C=O) groups is 1. The summed E-state index contributed by atoms with van der Waals surface area (Å²) in [5.41, 5.74) is 0. The van der Waals surface area contributed by atoms with E-state index in [1.165, 1.54) is 32.1 Å². The summed E-state index contributed by atoms with van der Waals surface area (Å²) in [5.74, 6) is 1.56. The maximum Gasteiger partial charge on any atom is 0.245 e. The van der Waals surface area contributed by atoms with E-state index < -0.39 is 0 Å². The van der Waals surface area contributed by atoms with Gasteiger partial charge in [-0.25, -0.2) is 4.98 Å². The topological polar surface area (TPSA) is 41.4 Å². The molecule has 1 aliphatic carbocycles. The first kappa shape index (κ1) is 17.5. The van der Waals surface area contributed by atoms with E-state index in [4.69, 9.17) is 0 Å². The molecule has 3 rings (SSSR count). The molecule has 0 spiro atoms. The van der Waals surface area contributed by atoms with Crippen molar-refractivity contribution in [2.24, 2.45) is 0 Å². The molecule has 0 bridgehead atoms. The molecule has 1 saturated heterocycles. The van der Waals surface area contributed by atoms with Crippen LogP contribution in [0.2, 0.25) is 0 Å². The summed E-state index contributed by atoms with van der Waals surface area (Å²) in [6.07, 6.45) is 10.6. The van der Waals surface area contributed by atoms with Gasteiger partial charge < -0.3 is 9.47 Å². The van der Waals surface area contributed by atoms with E-state index in [0.29, 0.717) is 5.92 Å². The van der Waals surface area contributed by atoms with Gasteiger partial charge >= 0.3 is 0 Å². The molecule has 5 nitrogen and oxygen atoms in total. The highest BCUT2D eigenvalue weighted by Gasteiger charge is 2.30. The van der Waals surface area contributed by atoms with Gasteiger partial charge in [0.2, 0.25) is 5.91 Å². The Bertz CT molecular complexity index is 539. The van der Waals surface area contributed by atoms with Crippen LogP contribution in [0.25, 0.3) is 0 Å². The first-order valence-corrected chi connectivity index (χ1v) is 9.63. The van der Waals surface area contributed by atoms with Gasteiger partial charge in [-0.3, -0.25) is 9.69 Å². The van der Waals surface area contributed by atoms with Crippen molar-refractivity contribution >= 4 is 5.91 Å². The van der Waals surface area contributed by atoms with Crippen LogP contribution in [0.1, 0.15) is 70.7 Å². The third-order valence-electron chi connectivity index (χ3n) is 5.71. The lowest BCUT2D eigenvalue weighted by Gasteiger charge is -2.41. The molecule has 0 N–H and O–H groups in total. The van der Waals surface area contributed by atoms with Gasteiger partial charge in [0.25, 0.3) is 0 Å². The fourth-order valence-electron chi connectivity index (χ4n) is 4.24. The number of rotatable bonds is 4. The monoisotopic (exact) mass is 332 g/mol. The second-order valence-corrected chi connectivity index (χ2v) is 7.68. The predicted molar refractivity (Wildman–Crippen MR) is 96.1 cm³/mol. The van der Waals surface area contributed by atoms with Crippen LogP contribution in [0, 0.1) is 0 Å². The standard InChI is InChI=1S/C19H32N4O/c1-15(2)18-20-9-10-23(18)16(3)19(24)22-13-11-21(12-14-22)17-7-5-4-6-8-17/h9-10,15-17H,4-8,11-14H2,1-3H3/t16-/m1/s1. The van der Waals surface area contributed by atoms with Crippen molar-refractivity contribution in [1.82, 2.24) is 19.4 Å². The molecule has 2 aliphatic rings. The number of amides is 1. The maximum atomic E-state index is 12.9. The van der Waals surface area contributed by atoms with Crippen LogP contribution in [0.15, 0.2) is 12.4 Å². The van der Waals surface area contributed by atoms with E-state index in [9.17, 15) is 4.79 Å². The molecule has 5 heteroatoms. The molecule has 1 saturated carbocycles. The minimum absolute atomic E-state index is 0.161. The van der Waals surface area contributed by atoms with Crippen molar-refractivity contribution in [3.63, 3.8) is 0 Å². The number of piperazine rings is 1. The summed E-state index contributed by atoms with van der Waals surface area (Å²) in [6, 6.07) is 0.598. The van der Waals surface area contributed by atoms with Crippen molar-refractivity contribution < 1.29 is 4.79 Å². The van der Waals surface area contributed by atoms with Crippen molar-refractivity contribution in [2.75, 3.05) is 26.2 Å². The largest absolute Gasteiger partial charge is 0.338 e. The Labute approximate surface area is 146 Å². The van der Waals surface area contributed by atoms with Crippen LogP contribution >= 0.6 is 0 Å². The molecule has 0 aromatic carbocycles. The minimum Gasteiger partial charge on any atom is -0.338 e. The second-order valence-electron chi connectivity index (χ2n) is 7.68. The van der Waals surface area contributed by atoms with Crippen LogP contribution in [-0.2, 0) is 4.79 Å². The van der Waals surface area contributed by atoms with Gasteiger partial charge in [-0.15, -0.1) is 0 Å². The first-order valence-electron chi connectivity index (χ1n) is 9.63. The van der Waals surface area contributed by atoms with Crippen molar-refractivity contribution in [3.05, 3.63) is 18.2 Å². The van der Waals surface area contributed by atoms with Crippen LogP contribution in [0.5, 0.6) is 0 Å². The summed E-state index contributed by atoms with van der Waals surface area (Å²) in [6.45, 7) is 10.0. The quantitative estimate of drug-likeness (QED) is 0.851. The van der Waals surface area contributed by atoms with Gasteiger partial charge in [0, 0.05) is 50.5 Å². The van der Waals surface area contributed by atoms with Crippen LogP contribution < -0.4 is 0 Å². The lowest BCUT2D eigenvalue weighted by molar-refractivity contribution is -0.136. The SMILES string of the molecule is CC(C)c1nccn1[C@H](C)C(=O)N1CCN(C2CCCCC2)CC1. The molecule has 0 radical (unpaired) electrons. The summed E-state index contributed by atoms with van der Waals surface area (Å²) < 4.78 is 2.04. The molecule has 1 aromatic heterocycles. The third kappa shape index (κ3) is 3.66. The van der Waals surface area contributed by atoms with Gasteiger partial charge in [0.1, 0.15) is 11.9 Å². The van der Waals surface area contributed by atoms with Crippen molar-refractivity contribution in [1.29, 1.82) is 0 Å². The maximum absolute atomic E-state index is 12.9. The normalized spacial score (nSPS) is 22.1. The molecule has 1 aromatic rings. The van der Waals surface area contributed by atoms with E-state index in [2.05, 4.69) is 23.7 Å². The molecule has 0 unspecified atom stereocenters. The smallest absolute Gasteiger partial charge is 0.245 e. The zero-order valence-corrected chi connectivity index (χ0v) is 15.4. The predicted octanol–water partition coefficient (Wildman–Crippen LogP) is 3.04. The molecule has 24 heavy (non-hydrogen) atoms. The number of hydrogen-bond acceptors (Lipinski definition) is 3. The zero-order chi connectivity index (χ0) is 17.1. The third-order valence-corrected chi connectivity index (χ3v) is 5.71. The lowest BCUT2D eigenvalue weighted by atomic mass is 9.94. The number of aromatic nitrogens is 2. The highest BCUT2D eigenvalue weighted by atomic mass is 16.2. The first-order chi connectivity index (χ1) is 11.6. The Morgan fingerprint density at radius 1 is 1.08 bits per heavy atom. The Morgan fingerprint density at radius 2 is 1.75 bits per heavy atom. The van der Waals surface area contributed by atoms with Gasteiger partial charge in [-0.05, 0) is 19.8 Å². The van der Waals surface area contributed by atoms with E-state index in [1.54, 1.807) is 6.20 Å². The average Bonchev–Trinajstić information content (AvgIpc) is 3.11. The fourth-order valence-corrected chi connectivity index (χ4v) is 4.24. The summed E-state index contributed by atoms with van der Waals surface area (Å²) >= 11 is 0.